The van der Waals surface area contributed by atoms with Crippen LogP contribution in [0.4, 0.5) is 0 Å². The van der Waals surface area contributed by atoms with Crippen LogP contribution >= 0.6 is 23.1 Å². The largest absolute Gasteiger partial charge is 0.313 e. The Hall–Kier alpha value is -0.430. The first kappa shape index (κ1) is 12.6. The van der Waals surface area contributed by atoms with E-state index in [1.807, 2.05) is 23.1 Å². The van der Waals surface area contributed by atoms with Crippen LogP contribution in [0.2, 0.25) is 0 Å². The minimum absolute atomic E-state index is 0.551. The monoisotopic (exact) mass is 239 g/mol. The maximum absolute atomic E-state index is 5.17. The second-order valence-electron chi connectivity index (χ2n) is 3.40. The average molecular weight is 239 g/mol. The Balaban J connectivity index is 2.04. The number of thioether (sulfide) groups is 1. The molecule has 0 bridgehead atoms. The zero-order chi connectivity index (χ0) is 10.9. The SMILES string of the molecule is C#CCSCCNC(C)Cc1cccs1. The van der Waals surface area contributed by atoms with Crippen molar-refractivity contribution in [2.75, 3.05) is 18.1 Å². The van der Waals surface area contributed by atoms with E-state index >= 15 is 0 Å². The number of terminal acetylenes is 1. The molecule has 1 heterocycles. The Morgan fingerprint density at radius 1 is 1.67 bits per heavy atom. The van der Waals surface area contributed by atoms with E-state index in [2.05, 4.69) is 35.7 Å². The lowest BCUT2D eigenvalue weighted by molar-refractivity contribution is 0.571. The van der Waals surface area contributed by atoms with Crippen molar-refractivity contribution in [1.82, 2.24) is 5.32 Å². The van der Waals surface area contributed by atoms with Crippen molar-refractivity contribution in [3.8, 4) is 12.3 Å². The highest BCUT2D eigenvalue weighted by atomic mass is 32.2. The lowest BCUT2D eigenvalue weighted by atomic mass is 10.2. The first-order chi connectivity index (χ1) is 7.33. The summed E-state index contributed by atoms with van der Waals surface area (Å²) in [5, 5.41) is 5.63. The average Bonchev–Trinajstić information content (AvgIpc) is 2.70. The summed E-state index contributed by atoms with van der Waals surface area (Å²) in [5.41, 5.74) is 0. The molecule has 0 aliphatic heterocycles. The molecule has 1 N–H and O–H groups in total. The normalized spacial score (nSPS) is 12.3. The van der Waals surface area contributed by atoms with Crippen molar-refractivity contribution in [3.05, 3.63) is 22.4 Å². The van der Waals surface area contributed by atoms with Crippen LogP contribution < -0.4 is 5.32 Å². The molecule has 1 unspecified atom stereocenters. The van der Waals surface area contributed by atoms with Crippen LogP contribution in [0.1, 0.15) is 11.8 Å². The maximum Gasteiger partial charge on any atom is 0.0545 e. The Morgan fingerprint density at radius 2 is 2.53 bits per heavy atom. The van der Waals surface area contributed by atoms with Gasteiger partial charge in [0, 0.05) is 23.2 Å². The van der Waals surface area contributed by atoms with Crippen molar-refractivity contribution >= 4 is 23.1 Å². The number of hydrogen-bond donors (Lipinski definition) is 1. The first-order valence-electron chi connectivity index (χ1n) is 5.10. The van der Waals surface area contributed by atoms with Gasteiger partial charge in [-0.25, -0.2) is 0 Å². The highest BCUT2D eigenvalue weighted by Gasteiger charge is 2.02. The standard InChI is InChI=1S/C12H17NS2/c1-3-7-14-9-6-13-11(2)10-12-5-4-8-15-12/h1,4-5,8,11,13H,6-7,9-10H2,2H3. The molecule has 15 heavy (non-hydrogen) atoms. The minimum atomic E-state index is 0.551. The van der Waals surface area contributed by atoms with Crippen molar-refractivity contribution in [2.45, 2.75) is 19.4 Å². The van der Waals surface area contributed by atoms with Crippen molar-refractivity contribution in [2.24, 2.45) is 0 Å². The van der Waals surface area contributed by atoms with Gasteiger partial charge in [-0.05, 0) is 24.8 Å². The van der Waals surface area contributed by atoms with E-state index in [0.717, 1.165) is 24.5 Å². The smallest absolute Gasteiger partial charge is 0.0545 e. The fourth-order valence-electron chi connectivity index (χ4n) is 1.31. The molecule has 0 radical (unpaired) electrons. The molecular formula is C12H17NS2. The summed E-state index contributed by atoms with van der Waals surface area (Å²) in [6.07, 6.45) is 6.29. The van der Waals surface area contributed by atoms with E-state index in [1.165, 1.54) is 4.88 Å². The molecule has 0 fully saturated rings. The van der Waals surface area contributed by atoms with Gasteiger partial charge in [0.05, 0.1) is 5.75 Å². The molecule has 1 aromatic heterocycles. The second kappa shape index (κ2) is 7.81. The van der Waals surface area contributed by atoms with Crippen LogP contribution in [0.25, 0.3) is 0 Å². The van der Waals surface area contributed by atoms with Gasteiger partial charge >= 0.3 is 0 Å². The summed E-state index contributed by atoms with van der Waals surface area (Å²) in [4.78, 5) is 1.45. The van der Waals surface area contributed by atoms with E-state index in [1.54, 1.807) is 0 Å². The minimum Gasteiger partial charge on any atom is -0.313 e. The number of thiophene rings is 1. The van der Waals surface area contributed by atoms with Crippen LogP contribution in [0.15, 0.2) is 17.5 Å². The van der Waals surface area contributed by atoms with Gasteiger partial charge in [0.25, 0.3) is 0 Å². The van der Waals surface area contributed by atoms with Gasteiger partial charge in [0.15, 0.2) is 0 Å². The number of hydrogen-bond acceptors (Lipinski definition) is 3. The lowest BCUT2D eigenvalue weighted by Crippen LogP contribution is -2.29. The van der Waals surface area contributed by atoms with Gasteiger partial charge in [-0.15, -0.1) is 29.5 Å². The molecule has 1 rings (SSSR count). The van der Waals surface area contributed by atoms with E-state index in [-0.39, 0.29) is 0 Å². The van der Waals surface area contributed by atoms with Gasteiger partial charge < -0.3 is 5.32 Å². The molecule has 0 amide bonds. The maximum atomic E-state index is 5.17. The molecule has 1 nitrogen and oxygen atoms in total. The predicted molar refractivity (Wildman–Crippen MR) is 71.6 cm³/mol. The molecule has 0 spiro atoms. The zero-order valence-corrected chi connectivity index (χ0v) is 10.7. The van der Waals surface area contributed by atoms with Gasteiger partial charge in [0.2, 0.25) is 0 Å². The molecule has 0 aliphatic carbocycles. The molecule has 82 valence electrons. The quantitative estimate of drug-likeness (QED) is 0.580. The summed E-state index contributed by atoms with van der Waals surface area (Å²) in [6, 6.07) is 4.85. The molecule has 3 heteroatoms. The Bertz CT molecular complexity index is 287. The topological polar surface area (TPSA) is 12.0 Å². The number of rotatable bonds is 7. The Morgan fingerprint density at radius 3 is 3.20 bits per heavy atom. The van der Waals surface area contributed by atoms with Crippen molar-refractivity contribution < 1.29 is 0 Å². The predicted octanol–water partition coefficient (Wildman–Crippen LogP) is 2.64. The van der Waals surface area contributed by atoms with Crippen molar-refractivity contribution in [1.29, 1.82) is 0 Å². The fraction of sp³-hybridized carbons (Fsp3) is 0.500. The molecular weight excluding hydrogens is 222 g/mol. The third-order valence-corrected chi connectivity index (χ3v) is 3.77. The van der Waals surface area contributed by atoms with Crippen molar-refractivity contribution in [3.63, 3.8) is 0 Å². The molecule has 0 saturated carbocycles. The summed E-state index contributed by atoms with van der Waals surface area (Å²) < 4.78 is 0. The van der Waals surface area contributed by atoms with Gasteiger partial charge in [-0.3, -0.25) is 0 Å². The van der Waals surface area contributed by atoms with Gasteiger partial charge in [-0.2, -0.15) is 0 Å². The highest BCUT2D eigenvalue weighted by molar-refractivity contribution is 7.99. The molecule has 0 aliphatic rings. The van der Waals surface area contributed by atoms with Crippen LogP contribution in [0.3, 0.4) is 0 Å². The summed E-state index contributed by atoms with van der Waals surface area (Å²) in [5.74, 6) is 4.55. The Kier molecular flexibility index (Phi) is 6.58. The first-order valence-corrected chi connectivity index (χ1v) is 7.13. The van der Waals surface area contributed by atoms with Crippen LogP contribution in [0, 0.1) is 12.3 Å². The number of nitrogens with one attached hydrogen (secondary N) is 1. The van der Waals surface area contributed by atoms with E-state index in [9.17, 15) is 0 Å². The molecule has 1 aromatic rings. The lowest BCUT2D eigenvalue weighted by Gasteiger charge is -2.11. The third-order valence-electron chi connectivity index (χ3n) is 2.01. The second-order valence-corrected chi connectivity index (χ2v) is 5.53. The summed E-state index contributed by atoms with van der Waals surface area (Å²) in [7, 11) is 0. The zero-order valence-electron chi connectivity index (χ0n) is 9.03. The van der Waals surface area contributed by atoms with Gasteiger partial charge in [0.1, 0.15) is 0 Å². The fourth-order valence-corrected chi connectivity index (χ4v) is 2.67. The van der Waals surface area contributed by atoms with E-state index in [4.69, 9.17) is 6.42 Å². The van der Waals surface area contributed by atoms with E-state index < -0.39 is 0 Å². The molecule has 0 aromatic carbocycles. The highest BCUT2D eigenvalue weighted by Crippen LogP contribution is 2.10. The van der Waals surface area contributed by atoms with E-state index in [0.29, 0.717) is 6.04 Å². The van der Waals surface area contributed by atoms with Crippen LogP contribution in [0.5, 0.6) is 0 Å². The van der Waals surface area contributed by atoms with Crippen LogP contribution in [-0.4, -0.2) is 24.1 Å². The summed E-state index contributed by atoms with van der Waals surface area (Å²) >= 11 is 3.63. The Labute approximate surface area is 101 Å². The molecule has 1 atom stereocenters. The third kappa shape index (κ3) is 5.88. The molecule has 0 saturated heterocycles. The van der Waals surface area contributed by atoms with Crippen LogP contribution in [-0.2, 0) is 6.42 Å². The summed E-state index contributed by atoms with van der Waals surface area (Å²) in [6.45, 7) is 3.27. The van der Waals surface area contributed by atoms with Gasteiger partial charge in [-0.1, -0.05) is 12.0 Å².